The van der Waals surface area contributed by atoms with Gasteiger partial charge in [0.15, 0.2) is 0 Å². The second kappa shape index (κ2) is 3.83. The molecule has 0 heterocycles. The summed E-state index contributed by atoms with van der Waals surface area (Å²) in [6.45, 7) is 10.7. The lowest BCUT2D eigenvalue weighted by Gasteiger charge is -2.39. The molecule has 0 unspecified atom stereocenters. The van der Waals surface area contributed by atoms with Gasteiger partial charge >= 0.3 is 0 Å². The molecular formula is C12H22O. The van der Waals surface area contributed by atoms with E-state index in [-0.39, 0.29) is 6.10 Å². The molecular weight excluding hydrogens is 160 g/mol. The topological polar surface area (TPSA) is 20.2 Å². The molecule has 1 fully saturated rings. The van der Waals surface area contributed by atoms with Crippen LogP contribution >= 0.6 is 0 Å². The van der Waals surface area contributed by atoms with Crippen molar-refractivity contribution in [1.29, 1.82) is 0 Å². The molecule has 0 saturated heterocycles. The summed E-state index contributed by atoms with van der Waals surface area (Å²) in [5.74, 6) is 1.05. The van der Waals surface area contributed by atoms with Crippen LogP contribution < -0.4 is 0 Å². The summed E-state index contributed by atoms with van der Waals surface area (Å²) < 4.78 is 0. The molecule has 1 saturated carbocycles. The molecule has 1 heteroatoms. The van der Waals surface area contributed by atoms with E-state index < -0.39 is 0 Å². The van der Waals surface area contributed by atoms with Gasteiger partial charge in [-0.05, 0) is 30.6 Å². The number of rotatable bonds is 1. The molecule has 0 aliphatic heterocycles. The van der Waals surface area contributed by atoms with Crippen LogP contribution in [0.2, 0.25) is 0 Å². The van der Waals surface area contributed by atoms with Crippen molar-refractivity contribution < 1.29 is 5.11 Å². The fourth-order valence-electron chi connectivity index (χ4n) is 2.23. The second-order valence-corrected chi connectivity index (χ2v) is 5.34. The van der Waals surface area contributed by atoms with Gasteiger partial charge in [0.1, 0.15) is 0 Å². The van der Waals surface area contributed by atoms with Crippen molar-refractivity contribution >= 4 is 0 Å². The fourth-order valence-corrected chi connectivity index (χ4v) is 2.23. The molecule has 1 N–H and O–H groups in total. The Morgan fingerprint density at radius 1 is 1.31 bits per heavy atom. The van der Waals surface area contributed by atoms with Crippen molar-refractivity contribution in [2.75, 3.05) is 0 Å². The Morgan fingerprint density at radius 3 is 2.38 bits per heavy atom. The Kier molecular flexibility index (Phi) is 3.18. The maximum atomic E-state index is 9.68. The Bertz CT molecular complexity index is 178. The van der Waals surface area contributed by atoms with Crippen LogP contribution in [0.4, 0.5) is 0 Å². The summed E-state index contributed by atoms with van der Waals surface area (Å²) in [6, 6.07) is 0. The van der Waals surface area contributed by atoms with Gasteiger partial charge in [0.05, 0.1) is 6.10 Å². The zero-order valence-corrected chi connectivity index (χ0v) is 9.09. The molecule has 1 aliphatic carbocycles. The molecule has 13 heavy (non-hydrogen) atoms. The monoisotopic (exact) mass is 182 g/mol. The summed E-state index contributed by atoms with van der Waals surface area (Å²) >= 11 is 0. The zero-order valence-electron chi connectivity index (χ0n) is 9.09. The van der Waals surface area contributed by atoms with E-state index in [1.807, 2.05) is 6.08 Å². The molecule has 0 aromatic rings. The number of hydrogen-bond acceptors (Lipinski definition) is 1. The van der Waals surface area contributed by atoms with Crippen molar-refractivity contribution in [1.82, 2.24) is 0 Å². The first-order chi connectivity index (χ1) is 5.95. The third kappa shape index (κ3) is 2.57. The average molecular weight is 182 g/mol. The van der Waals surface area contributed by atoms with E-state index >= 15 is 0 Å². The van der Waals surface area contributed by atoms with Crippen LogP contribution in [-0.2, 0) is 0 Å². The highest BCUT2D eigenvalue weighted by atomic mass is 16.3. The van der Waals surface area contributed by atoms with E-state index in [1.54, 1.807) is 0 Å². The van der Waals surface area contributed by atoms with E-state index in [4.69, 9.17) is 0 Å². The van der Waals surface area contributed by atoms with Crippen molar-refractivity contribution in [3.63, 3.8) is 0 Å². The van der Waals surface area contributed by atoms with Crippen LogP contribution in [0.1, 0.15) is 40.0 Å². The van der Waals surface area contributed by atoms with E-state index in [9.17, 15) is 5.11 Å². The first-order valence-electron chi connectivity index (χ1n) is 5.25. The highest BCUT2D eigenvalue weighted by Crippen LogP contribution is 2.40. The molecule has 0 aromatic carbocycles. The third-order valence-electron chi connectivity index (χ3n) is 3.39. The van der Waals surface area contributed by atoms with Crippen LogP contribution in [0.3, 0.4) is 0 Å². The number of aliphatic hydroxyl groups excluding tert-OH is 1. The fraction of sp³-hybridized carbons (Fsp3) is 0.833. The molecule has 0 radical (unpaired) electrons. The molecule has 3 atom stereocenters. The molecule has 0 spiro atoms. The predicted molar refractivity (Wildman–Crippen MR) is 56.5 cm³/mol. The van der Waals surface area contributed by atoms with Crippen LogP contribution in [0.25, 0.3) is 0 Å². The molecule has 1 aliphatic rings. The first kappa shape index (κ1) is 10.8. The summed E-state index contributed by atoms with van der Waals surface area (Å²) in [6.07, 6.45) is 4.99. The maximum Gasteiger partial charge on any atom is 0.0602 e. The van der Waals surface area contributed by atoms with Gasteiger partial charge in [-0.3, -0.25) is 0 Å². The number of hydrogen-bond donors (Lipinski definition) is 1. The molecule has 0 amide bonds. The van der Waals surface area contributed by atoms with Crippen LogP contribution in [0.15, 0.2) is 12.7 Å². The molecule has 1 rings (SSSR count). The van der Waals surface area contributed by atoms with Gasteiger partial charge in [0, 0.05) is 5.92 Å². The standard InChI is InChI=1S/C12H22O/c1-5-9-8-10(12(2,3)4)6-7-11(9)13/h5,9-11,13H,1,6-8H2,2-4H3/t9-,10-,11+/m0/s1. The van der Waals surface area contributed by atoms with E-state index in [1.165, 1.54) is 0 Å². The summed E-state index contributed by atoms with van der Waals surface area (Å²) in [4.78, 5) is 0. The SMILES string of the molecule is C=C[C@H]1C[C@@H](C(C)(C)C)CC[C@H]1O. The van der Waals surface area contributed by atoms with Crippen molar-refractivity contribution in [2.45, 2.75) is 46.1 Å². The van der Waals surface area contributed by atoms with Crippen molar-refractivity contribution in [3.05, 3.63) is 12.7 Å². The van der Waals surface area contributed by atoms with Gasteiger partial charge in [-0.2, -0.15) is 0 Å². The van der Waals surface area contributed by atoms with Gasteiger partial charge in [-0.1, -0.05) is 26.8 Å². The summed E-state index contributed by atoms with van der Waals surface area (Å²) in [5.41, 5.74) is 0.376. The lowest BCUT2D eigenvalue weighted by molar-refractivity contribution is 0.0393. The van der Waals surface area contributed by atoms with Crippen LogP contribution in [0, 0.1) is 17.3 Å². The highest BCUT2D eigenvalue weighted by Gasteiger charge is 2.33. The zero-order chi connectivity index (χ0) is 10.1. The normalized spacial score (nSPS) is 35.8. The van der Waals surface area contributed by atoms with E-state index in [2.05, 4.69) is 27.4 Å². The Morgan fingerprint density at radius 2 is 1.92 bits per heavy atom. The minimum absolute atomic E-state index is 0.143. The minimum atomic E-state index is -0.143. The smallest absolute Gasteiger partial charge is 0.0602 e. The van der Waals surface area contributed by atoms with Crippen LogP contribution in [0.5, 0.6) is 0 Å². The van der Waals surface area contributed by atoms with Crippen molar-refractivity contribution in [2.24, 2.45) is 17.3 Å². The summed E-state index contributed by atoms with van der Waals surface area (Å²) in [7, 11) is 0. The van der Waals surface area contributed by atoms with Crippen molar-refractivity contribution in [3.8, 4) is 0 Å². The molecule has 1 nitrogen and oxygen atoms in total. The number of aliphatic hydroxyl groups is 1. The second-order valence-electron chi connectivity index (χ2n) is 5.34. The first-order valence-corrected chi connectivity index (χ1v) is 5.25. The van der Waals surface area contributed by atoms with E-state index in [0.717, 1.165) is 25.2 Å². The Balaban J connectivity index is 2.60. The third-order valence-corrected chi connectivity index (χ3v) is 3.39. The molecule has 76 valence electrons. The quantitative estimate of drug-likeness (QED) is 0.618. The average Bonchev–Trinajstić information content (AvgIpc) is 2.03. The highest BCUT2D eigenvalue weighted by molar-refractivity contribution is 4.92. The minimum Gasteiger partial charge on any atom is -0.393 e. The Hall–Kier alpha value is -0.300. The predicted octanol–water partition coefficient (Wildman–Crippen LogP) is 3.00. The summed E-state index contributed by atoms with van der Waals surface area (Å²) in [5, 5.41) is 9.68. The maximum absolute atomic E-state index is 9.68. The van der Waals surface area contributed by atoms with Gasteiger partial charge < -0.3 is 5.11 Å². The largest absolute Gasteiger partial charge is 0.393 e. The van der Waals surface area contributed by atoms with Gasteiger partial charge in [-0.25, -0.2) is 0 Å². The van der Waals surface area contributed by atoms with Crippen LogP contribution in [-0.4, -0.2) is 11.2 Å². The molecule has 0 aromatic heterocycles. The lowest BCUT2D eigenvalue weighted by Crippen LogP contribution is -2.33. The van der Waals surface area contributed by atoms with E-state index in [0.29, 0.717) is 11.3 Å². The van der Waals surface area contributed by atoms with Gasteiger partial charge in [-0.15, -0.1) is 6.58 Å². The lowest BCUT2D eigenvalue weighted by atomic mass is 9.68. The Labute approximate surface area is 81.9 Å². The van der Waals surface area contributed by atoms with Gasteiger partial charge in [0.25, 0.3) is 0 Å². The van der Waals surface area contributed by atoms with Gasteiger partial charge in [0.2, 0.25) is 0 Å². The molecule has 0 bridgehead atoms.